The summed E-state index contributed by atoms with van der Waals surface area (Å²) in [6.45, 7) is 9.09. The molecule has 184 valence electrons. The minimum Gasteiger partial charge on any atom is -0.508 e. The maximum atomic E-state index is 10.7. The van der Waals surface area contributed by atoms with Crippen LogP contribution in [0, 0.1) is 0 Å². The Morgan fingerprint density at radius 2 is 1.83 bits per heavy atom. The molecule has 9 nitrogen and oxygen atoms in total. The molecule has 1 aromatic heterocycles. The summed E-state index contributed by atoms with van der Waals surface area (Å²) in [6.07, 6.45) is 3.37. The molecule has 35 heavy (non-hydrogen) atoms. The Kier molecular flexibility index (Phi) is 8.23. The lowest BCUT2D eigenvalue weighted by atomic mass is 9.95. The van der Waals surface area contributed by atoms with E-state index < -0.39 is 5.97 Å². The summed E-state index contributed by atoms with van der Waals surface area (Å²) in [7, 11) is 0. The Morgan fingerprint density at radius 1 is 1.06 bits per heavy atom. The normalized spacial score (nSPS) is 15.7. The highest BCUT2D eigenvalue weighted by Crippen LogP contribution is 2.32. The summed E-state index contributed by atoms with van der Waals surface area (Å²) in [6, 6.07) is 15.8. The van der Waals surface area contributed by atoms with Crippen molar-refractivity contribution in [1.82, 2.24) is 30.0 Å². The standard InChI is InChI=1S/C26H32N6O3/c1-2-13-30-15-17-31(18-16-30)25(22-6-5-7-23(33)19-22)20-9-11-21(12-10-20)26-27-28-29-32(26)14-4-3-8-24(34)35/h2,5-7,9-12,19,25,33H,1,3-4,8,13-18H2,(H,34,35). The van der Waals surface area contributed by atoms with E-state index in [1.807, 2.05) is 30.3 Å². The molecule has 0 bridgehead atoms. The molecule has 9 heteroatoms. The van der Waals surface area contributed by atoms with Gasteiger partial charge in [-0.15, -0.1) is 11.7 Å². The third-order valence-electron chi connectivity index (χ3n) is 6.37. The number of benzene rings is 2. The van der Waals surface area contributed by atoms with Gasteiger partial charge >= 0.3 is 5.97 Å². The second-order valence-electron chi connectivity index (χ2n) is 8.82. The highest BCUT2D eigenvalue weighted by Gasteiger charge is 2.26. The summed E-state index contributed by atoms with van der Waals surface area (Å²) >= 11 is 0. The van der Waals surface area contributed by atoms with Crippen LogP contribution < -0.4 is 0 Å². The number of unbranched alkanes of at least 4 members (excludes halogenated alkanes) is 1. The number of piperazine rings is 1. The van der Waals surface area contributed by atoms with Crippen LogP contribution in [0.3, 0.4) is 0 Å². The van der Waals surface area contributed by atoms with E-state index in [0.717, 1.165) is 49.4 Å². The lowest BCUT2D eigenvalue weighted by molar-refractivity contribution is -0.137. The molecule has 0 saturated carbocycles. The maximum absolute atomic E-state index is 10.7. The van der Waals surface area contributed by atoms with E-state index in [0.29, 0.717) is 25.2 Å². The van der Waals surface area contributed by atoms with Crippen molar-refractivity contribution in [1.29, 1.82) is 0 Å². The zero-order valence-corrected chi connectivity index (χ0v) is 19.8. The minimum absolute atomic E-state index is 0.0223. The van der Waals surface area contributed by atoms with Gasteiger partial charge in [0.1, 0.15) is 5.75 Å². The van der Waals surface area contributed by atoms with E-state index in [9.17, 15) is 9.90 Å². The van der Waals surface area contributed by atoms with Gasteiger partial charge in [-0.1, -0.05) is 42.5 Å². The van der Waals surface area contributed by atoms with Crippen molar-refractivity contribution in [2.24, 2.45) is 0 Å². The SMILES string of the molecule is C=CCN1CCN(C(c2ccc(-c3nnnn3CCCCC(=O)O)cc2)c2cccc(O)c2)CC1. The molecule has 1 fully saturated rings. The van der Waals surface area contributed by atoms with Gasteiger partial charge in [-0.05, 0) is 46.5 Å². The van der Waals surface area contributed by atoms with Gasteiger partial charge in [-0.25, -0.2) is 4.68 Å². The number of aryl methyl sites for hydroxylation is 1. The van der Waals surface area contributed by atoms with E-state index >= 15 is 0 Å². The van der Waals surface area contributed by atoms with Crippen molar-refractivity contribution in [3.63, 3.8) is 0 Å². The lowest BCUT2D eigenvalue weighted by Gasteiger charge is -2.39. The molecule has 3 aromatic rings. The molecule has 0 amide bonds. The quantitative estimate of drug-likeness (QED) is 0.321. The molecule has 1 unspecified atom stereocenters. The van der Waals surface area contributed by atoms with Gasteiger partial charge in [0, 0.05) is 51.3 Å². The Labute approximate surface area is 205 Å². The molecular formula is C26H32N6O3. The number of nitrogens with zero attached hydrogens (tertiary/aromatic N) is 6. The average molecular weight is 477 g/mol. The van der Waals surface area contributed by atoms with E-state index in [1.54, 1.807) is 10.7 Å². The second kappa shape index (κ2) is 11.7. The van der Waals surface area contributed by atoms with Crippen LogP contribution in [0.1, 0.15) is 36.4 Å². The van der Waals surface area contributed by atoms with E-state index in [4.69, 9.17) is 5.11 Å². The monoisotopic (exact) mass is 476 g/mol. The molecule has 0 spiro atoms. The third kappa shape index (κ3) is 6.32. The predicted octanol–water partition coefficient (Wildman–Crippen LogP) is 3.19. The highest BCUT2D eigenvalue weighted by atomic mass is 16.4. The van der Waals surface area contributed by atoms with Crippen molar-refractivity contribution in [2.75, 3.05) is 32.7 Å². The van der Waals surface area contributed by atoms with Crippen LogP contribution in [-0.4, -0.2) is 78.9 Å². The highest BCUT2D eigenvalue weighted by molar-refractivity contribution is 5.66. The number of tetrazole rings is 1. The van der Waals surface area contributed by atoms with Crippen LogP contribution >= 0.6 is 0 Å². The Morgan fingerprint density at radius 3 is 2.51 bits per heavy atom. The van der Waals surface area contributed by atoms with Crippen molar-refractivity contribution >= 4 is 5.97 Å². The summed E-state index contributed by atoms with van der Waals surface area (Å²) < 4.78 is 1.72. The second-order valence-corrected chi connectivity index (χ2v) is 8.82. The zero-order chi connectivity index (χ0) is 24.6. The van der Waals surface area contributed by atoms with Gasteiger partial charge in [0.2, 0.25) is 0 Å². The number of hydrogen-bond donors (Lipinski definition) is 2. The molecule has 2 N–H and O–H groups in total. The number of phenols is 1. The molecule has 1 aliphatic heterocycles. The Bertz CT molecular complexity index is 1120. The zero-order valence-electron chi connectivity index (χ0n) is 19.8. The average Bonchev–Trinajstić information content (AvgIpc) is 3.32. The number of carboxylic acids is 1. The molecular weight excluding hydrogens is 444 g/mol. The fourth-order valence-corrected chi connectivity index (χ4v) is 4.61. The number of rotatable bonds is 11. The van der Waals surface area contributed by atoms with Crippen molar-refractivity contribution in [3.8, 4) is 17.1 Å². The van der Waals surface area contributed by atoms with Crippen molar-refractivity contribution in [3.05, 3.63) is 72.3 Å². The first kappa shape index (κ1) is 24.6. The van der Waals surface area contributed by atoms with Crippen LogP contribution in [-0.2, 0) is 11.3 Å². The van der Waals surface area contributed by atoms with E-state index in [-0.39, 0.29) is 18.2 Å². The van der Waals surface area contributed by atoms with Gasteiger partial charge in [-0.2, -0.15) is 0 Å². The smallest absolute Gasteiger partial charge is 0.303 e. The maximum Gasteiger partial charge on any atom is 0.303 e. The largest absolute Gasteiger partial charge is 0.508 e. The molecule has 2 heterocycles. The number of aliphatic carboxylic acids is 1. The molecule has 0 radical (unpaired) electrons. The summed E-state index contributed by atoms with van der Waals surface area (Å²) in [5.41, 5.74) is 3.10. The number of aromatic nitrogens is 4. The van der Waals surface area contributed by atoms with Crippen molar-refractivity contribution < 1.29 is 15.0 Å². The third-order valence-corrected chi connectivity index (χ3v) is 6.37. The number of hydrogen-bond acceptors (Lipinski definition) is 7. The number of carbonyl (C=O) groups is 1. The number of phenolic OH excluding ortho intramolecular Hbond substituents is 1. The molecule has 0 aliphatic carbocycles. The predicted molar refractivity (Wildman–Crippen MR) is 133 cm³/mol. The molecule has 1 aliphatic rings. The summed E-state index contributed by atoms with van der Waals surface area (Å²) in [5, 5.41) is 31.1. The Balaban J connectivity index is 1.53. The minimum atomic E-state index is -0.791. The van der Waals surface area contributed by atoms with Crippen molar-refractivity contribution in [2.45, 2.75) is 31.8 Å². The summed E-state index contributed by atoms with van der Waals surface area (Å²) in [5.74, 6) is 0.135. The first-order valence-electron chi connectivity index (χ1n) is 12.0. The van der Waals surface area contributed by atoms with Crippen LogP contribution in [0.2, 0.25) is 0 Å². The van der Waals surface area contributed by atoms with Crippen LogP contribution in [0.5, 0.6) is 5.75 Å². The molecule has 4 rings (SSSR count). The van der Waals surface area contributed by atoms with Gasteiger partial charge in [0.05, 0.1) is 6.04 Å². The lowest BCUT2D eigenvalue weighted by Crippen LogP contribution is -2.47. The topological polar surface area (TPSA) is 108 Å². The van der Waals surface area contributed by atoms with Gasteiger partial charge in [-0.3, -0.25) is 14.6 Å². The van der Waals surface area contributed by atoms with Crippen LogP contribution in [0.25, 0.3) is 11.4 Å². The fraction of sp³-hybridized carbons (Fsp3) is 0.385. The van der Waals surface area contributed by atoms with Gasteiger partial charge < -0.3 is 10.2 Å². The van der Waals surface area contributed by atoms with Gasteiger partial charge in [0.25, 0.3) is 0 Å². The number of carboxylic acid groups (broad SMARTS) is 1. The number of aromatic hydroxyl groups is 1. The first-order chi connectivity index (χ1) is 17.0. The molecule has 2 aromatic carbocycles. The molecule has 1 saturated heterocycles. The first-order valence-corrected chi connectivity index (χ1v) is 12.0. The van der Waals surface area contributed by atoms with E-state index in [2.05, 4.69) is 50.1 Å². The van der Waals surface area contributed by atoms with Crippen LogP contribution in [0.15, 0.2) is 61.2 Å². The summed E-state index contributed by atoms with van der Waals surface area (Å²) in [4.78, 5) is 15.6. The van der Waals surface area contributed by atoms with Gasteiger partial charge in [0.15, 0.2) is 5.82 Å². The van der Waals surface area contributed by atoms with Crippen LogP contribution in [0.4, 0.5) is 0 Å². The van der Waals surface area contributed by atoms with E-state index in [1.165, 1.54) is 0 Å². The fourth-order valence-electron chi connectivity index (χ4n) is 4.61. The Hall–Kier alpha value is -3.56. The molecule has 1 atom stereocenters.